The lowest BCUT2D eigenvalue weighted by atomic mass is 9.47. The highest BCUT2D eigenvalue weighted by atomic mass is 19.4. The zero-order valence-electron chi connectivity index (χ0n) is 24.3. The van der Waals surface area contributed by atoms with Crippen molar-refractivity contribution in [3.63, 3.8) is 0 Å². The number of nitrogens with zero attached hydrogens (tertiary/aromatic N) is 4. The lowest BCUT2D eigenvalue weighted by molar-refractivity contribution is -0.274. The summed E-state index contributed by atoms with van der Waals surface area (Å²) in [7, 11) is 5.68. The molecule has 4 saturated carbocycles. The fraction of sp³-hybridized carbons (Fsp3) is 0.633. The molecule has 4 aliphatic rings. The molecule has 5 atom stereocenters. The van der Waals surface area contributed by atoms with Crippen molar-refractivity contribution in [2.24, 2.45) is 23.2 Å². The zero-order chi connectivity index (χ0) is 29.9. The maximum atomic E-state index is 12.8. The topological polar surface area (TPSA) is 105 Å². The first kappa shape index (κ1) is 30.3. The van der Waals surface area contributed by atoms with Gasteiger partial charge >= 0.3 is 6.36 Å². The standard InChI is InChI=1S/C30H39F3N6O3/c1-39(24(16-40-2)17-41-3)26-21-8-19-9-22(26)12-29(10-19,11-21)18-37-27-23(13-34)15-36-28(38-27)35-14-20-6-4-5-7-25(20)42-30(31,32)33/h4-7,15,19,21-22,24,26H,8-12,14,16-18H2,1-3H3,(H2,35,36,37,38)/t19?,21-,22+,26-,29+. The van der Waals surface area contributed by atoms with E-state index in [0.717, 1.165) is 19.3 Å². The Morgan fingerprint density at radius 2 is 1.79 bits per heavy atom. The first-order chi connectivity index (χ1) is 20.1. The van der Waals surface area contributed by atoms with E-state index in [1.165, 1.54) is 31.2 Å². The first-order valence-corrected chi connectivity index (χ1v) is 14.4. The Morgan fingerprint density at radius 3 is 2.43 bits per heavy atom. The predicted octanol–water partition coefficient (Wildman–Crippen LogP) is 5.06. The highest BCUT2D eigenvalue weighted by molar-refractivity contribution is 5.53. The van der Waals surface area contributed by atoms with Crippen LogP contribution in [-0.4, -0.2) is 74.3 Å². The number of methoxy groups -OCH3 is 2. The van der Waals surface area contributed by atoms with Gasteiger partial charge in [0.05, 0.1) is 25.5 Å². The van der Waals surface area contributed by atoms with E-state index >= 15 is 0 Å². The van der Waals surface area contributed by atoms with Gasteiger partial charge in [0.2, 0.25) is 5.95 Å². The van der Waals surface area contributed by atoms with Gasteiger partial charge in [-0.2, -0.15) is 10.2 Å². The monoisotopic (exact) mass is 588 g/mol. The third-order valence-electron chi connectivity index (χ3n) is 9.29. The van der Waals surface area contributed by atoms with Gasteiger partial charge in [-0.15, -0.1) is 13.2 Å². The number of likely N-dealkylation sites (N-methyl/N-ethyl adjacent to an activating group) is 1. The molecular formula is C30H39F3N6O3. The van der Waals surface area contributed by atoms with E-state index in [1.807, 2.05) is 0 Å². The van der Waals surface area contributed by atoms with Crippen molar-refractivity contribution in [3.05, 3.63) is 41.6 Å². The van der Waals surface area contributed by atoms with Crippen LogP contribution in [0.5, 0.6) is 5.75 Å². The number of nitrogens with one attached hydrogen (secondary N) is 2. The molecule has 2 N–H and O–H groups in total. The molecule has 4 aliphatic carbocycles. The lowest BCUT2D eigenvalue weighted by Crippen LogP contribution is -2.62. The second-order valence-corrected chi connectivity index (χ2v) is 12.1. The summed E-state index contributed by atoms with van der Waals surface area (Å²) < 4.78 is 53.6. The van der Waals surface area contributed by atoms with Gasteiger partial charge in [-0.05, 0) is 68.4 Å². The number of anilines is 2. The van der Waals surface area contributed by atoms with E-state index in [0.29, 0.717) is 60.5 Å². The number of ether oxygens (including phenoxy) is 3. The number of hydrogen-bond acceptors (Lipinski definition) is 9. The second kappa shape index (κ2) is 12.6. The molecule has 1 aromatic carbocycles. The molecule has 1 unspecified atom stereocenters. The Balaban J connectivity index is 1.26. The molecule has 42 heavy (non-hydrogen) atoms. The first-order valence-electron chi connectivity index (χ1n) is 14.4. The zero-order valence-corrected chi connectivity index (χ0v) is 24.3. The van der Waals surface area contributed by atoms with Crippen molar-refractivity contribution < 1.29 is 27.4 Å². The van der Waals surface area contributed by atoms with Gasteiger partial charge in [0.15, 0.2) is 0 Å². The fourth-order valence-corrected chi connectivity index (χ4v) is 7.96. The second-order valence-electron chi connectivity index (χ2n) is 12.1. The van der Waals surface area contributed by atoms with Gasteiger partial charge in [-0.1, -0.05) is 18.2 Å². The van der Waals surface area contributed by atoms with Gasteiger partial charge in [0.25, 0.3) is 0 Å². The quantitative estimate of drug-likeness (QED) is 0.332. The van der Waals surface area contributed by atoms with Crippen molar-refractivity contribution in [1.29, 1.82) is 5.26 Å². The molecule has 6 rings (SSSR count). The SMILES string of the molecule is COCC(COC)N(C)[C@@H]1[C@@H]2CC3C[C@H]1C[C@](CNc1nc(NCc4ccccc4OC(F)(F)F)ncc1C#N)(C3)C2. The van der Waals surface area contributed by atoms with Crippen molar-refractivity contribution >= 4 is 11.8 Å². The fourth-order valence-electron chi connectivity index (χ4n) is 7.96. The Hall–Kier alpha value is -3.14. The molecule has 0 spiro atoms. The van der Waals surface area contributed by atoms with Crippen molar-refractivity contribution in [1.82, 2.24) is 14.9 Å². The Morgan fingerprint density at radius 1 is 1.10 bits per heavy atom. The minimum Gasteiger partial charge on any atom is -0.405 e. The van der Waals surface area contributed by atoms with Crippen LogP contribution < -0.4 is 15.4 Å². The summed E-state index contributed by atoms with van der Waals surface area (Å²) in [5, 5.41) is 16.2. The van der Waals surface area contributed by atoms with Crippen LogP contribution in [0.3, 0.4) is 0 Å². The number of benzene rings is 1. The van der Waals surface area contributed by atoms with Gasteiger partial charge < -0.3 is 24.8 Å². The third-order valence-corrected chi connectivity index (χ3v) is 9.29. The van der Waals surface area contributed by atoms with Crippen LogP contribution in [0.15, 0.2) is 30.5 Å². The van der Waals surface area contributed by atoms with Gasteiger partial charge in [0, 0.05) is 38.9 Å². The summed E-state index contributed by atoms with van der Waals surface area (Å²) in [6.07, 6.45) is 2.52. The molecule has 12 heteroatoms. The van der Waals surface area contributed by atoms with Crippen LogP contribution in [0.2, 0.25) is 0 Å². The average Bonchev–Trinajstić information content (AvgIpc) is 2.94. The molecule has 2 aromatic rings. The van der Waals surface area contributed by atoms with Crippen molar-refractivity contribution in [2.75, 3.05) is 51.7 Å². The minimum atomic E-state index is -4.79. The van der Waals surface area contributed by atoms with E-state index in [-0.39, 0.29) is 29.7 Å². The third kappa shape index (κ3) is 6.74. The molecule has 9 nitrogen and oxygen atoms in total. The summed E-state index contributed by atoms with van der Waals surface area (Å²) in [5.41, 5.74) is 0.764. The Bertz CT molecular complexity index is 1250. The van der Waals surface area contributed by atoms with Crippen molar-refractivity contribution in [2.45, 2.75) is 57.1 Å². The molecular weight excluding hydrogens is 549 g/mol. The van der Waals surface area contributed by atoms with Gasteiger partial charge in [-0.3, -0.25) is 4.90 Å². The lowest BCUT2D eigenvalue weighted by Gasteiger charge is -2.62. The number of rotatable bonds is 13. The van der Waals surface area contributed by atoms with Gasteiger partial charge in [0.1, 0.15) is 23.2 Å². The molecule has 4 fully saturated rings. The smallest absolute Gasteiger partial charge is 0.405 e. The van der Waals surface area contributed by atoms with Gasteiger partial charge in [-0.25, -0.2) is 4.98 Å². The van der Waals surface area contributed by atoms with Crippen LogP contribution in [0.25, 0.3) is 0 Å². The molecule has 0 saturated heterocycles. The van der Waals surface area contributed by atoms with Crippen LogP contribution in [0.4, 0.5) is 24.9 Å². The number of aromatic nitrogens is 2. The molecule has 0 radical (unpaired) electrons. The minimum absolute atomic E-state index is 0.0224. The molecule has 1 aromatic heterocycles. The highest BCUT2D eigenvalue weighted by Crippen LogP contribution is 2.61. The molecule has 1 heterocycles. The maximum absolute atomic E-state index is 12.8. The number of halogens is 3. The van der Waals surface area contributed by atoms with E-state index in [4.69, 9.17) is 9.47 Å². The normalized spacial score (nSPS) is 26.5. The molecule has 4 bridgehead atoms. The molecule has 0 amide bonds. The summed E-state index contributed by atoms with van der Waals surface area (Å²) in [5.74, 6) is 2.25. The van der Waals surface area contributed by atoms with E-state index in [9.17, 15) is 18.4 Å². The molecule has 228 valence electrons. The number of para-hydroxylation sites is 1. The average molecular weight is 589 g/mol. The van der Waals surface area contributed by atoms with Crippen LogP contribution in [-0.2, 0) is 16.0 Å². The molecule has 0 aliphatic heterocycles. The van der Waals surface area contributed by atoms with Crippen LogP contribution in [0.1, 0.15) is 43.2 Å². The maximum Gasteiger partial charge on any atom is 0.573 e. The van der Waals surface area contributed by atoms with E-state index < -0.39 is 6.36 Å². The summed E-state index contributed by atoms with van der Waals surface area (Å²) in [6.45, 7) is 2.01. The largest absolute Gasteiger partial charge is 0.573 e. The Kier molecular flexibility index (Phi) is 9.11. The van der Waals surface area contributed by atoms with Crippen LogP contribution in [0, 0.1) is 34.5 Å². The van der Waals surface area contributed by atoms with E-state index in [1.54, 1.807) is 26.4 Å². The highest BCUT2D eigenvalue weighted by Gasteiger charge is 2.56. The summed E-state index contributed by atoms with van der Waals surface area (Å²) in [6, 6.07) is 8.79. The number of hydrogen-bond donors (Lipinski definition) is 2. The number of alkyl halides is 3. The predicted molar refractivity (Wildman–Crippen MR) is 151 cm³/mol. The van der Waals surface area contributed by atoms with Crippen molar-refractivity contribution in [3.8, 4) is 11.8 Å². The Labute approximate surface area is 244 Å². The summed E-state index contributed by atoms with van der Waals surface area (Å²) in [4.78, 5) is 11.2. The van der Waals surface area contributed by atoms with E-state index in [2.05, 4.69) is 43.4 Å². The van der Waals surface area contributed by atoms with Crippen LogP contribution >= 0.6 is 0 Å². The number of nitriles is 1. The summed E-state index contributed by atoms with van der Waals surface area (Å²) >= 11 is 0.